The molecule has 0 radical (unpaired) electrons. The Labute approximate surface area is 103 Å². The van der Waals surface area contributed by atoms with Gasteiger partial charge in [0.25, 0.3) is 0 Å². The van der Waals surface area contributed by atoms with Crippen molar-refractivity contribution in [2.45, 2.75) is 50.5 Å². The van der Waals surface area contributed by atoms with Crippen molar-refractivity contribution in [1.29, 1.82) is 0 Å². The highest BCUT2D eigenvalue weighted by Gasteiger charge is 2.06. The largest absolute Gasteiger partial charge is 0.388 e. The summed E-state index contributed by atoms with van der Waals surface area (Å²) in [6.07, 6.45) is 4.08. The molecule has 0 saturated heterocycles. The fourth-order valence-corrected chi connectivity index (χ4v) is 2.65. The summed E-state index contributed by atoms with van der Waals surface area (Å²) in [6.45, 7) is 4.31. The fourth-order valence-electron chi connectivity index (χ4n) is 1.59. The van der Waals surface area contributed by atoms with Gasteiger partial charge >= 0.3 is 0 Å². The average molecular weight is 238 g/mol. The Bertz CT molecular complexity index is 299. The summed E-state index contributed by atoms with van der Waals surface area (Å²) in [5.41, 5.74) is 1.06. The van der Waals surface area contributed by atoms with Crippen molar-refractivity contribution < 1.29 is 5.11 Å². The lowest BCUT2D eigenvalue weighted by atomic mass is 10.1. The second-order valence-electron chi connectivity index (χ2n) is 4.08. The van der Waals surface area contributed by atoms with E-state index in [1.165, 1.54) is 23.5 Å². The van der Waals surface area contributed by atoms with Crippen molar-refractivity contribution >= 4 is 11.8 Å². The number of aliphatic hydroxyl groups is 1. The van der Waals surface area contributed by atoms with E-state index in [-0.39, 0.29) is 6.10 Å². The number of rotatable bonds is 7. The Morgan fingerprint density at radius 1 is 1.25 bits per heavy atom. The van der Waals surface area contributed by atoms with E-state index in [0.29, 0.717) is 0 Å². The zero-order chi connectivity index (χ0) is 11.8. The van der Waals surface area contributed by atoms with Crippen LogP contribution in [0, 0.1) is 0 Å². The van der Waals surface area contributed by atoms with Gasteiger partial charge in [-0.15, -0.1) is 11.8 Å². The first-order chi connectivity index (χ1) is 7.77. The van der Waals surface area contributed by atoms with E-state index in [1.54, 1.807) is 0 Å². The summed E-state index contributed by atoms with van der Waals surface area (Å²) < 4.78 is 0. The van der Waals surface area contributed by atoms with Crippen LogP contribution in [0.3, 0.4) is 0 Å². The molecule has 0 spiro atoms. The van der Waals surface area contributed by atoms with E-state index in [9.17, 15) is 5.11 Å². The highest BCUT2D eigenvalue weighted by atomic mass is 32.2. The van der Waals surface area contributed by atoms with Crippen LogP contribution < -0.4 is 0 Å². The van der Waals surface area contributed by atoms with E-state index < -0.39 is 0 Å². The fraction of sp³-hybridized carbons (Fsp3) is 0.571. The topological polar surface area (TPSA) is 20.2 Å². The van der Waals surface area contributed by atoms with Crippen molar-refractivity contribution in [3.63, 3.8) is 0 Å². The molecule has 0 aliphatic carbocycles. The molecule has 0 heterocycles. The van der Waals surface area contributed by atoms with Gasteiger partial charge in [0.2, 0.25) is 0 Å². The molecule has 0 fully saturated rings. The third-order valence-corrected chi connectivity index (χ3v) is 3.65. The summed E-state index contributed by atoms with van der Waals surface area (Å²) in [5.74, 6) is 1.17. The number of aliphatic hydroxyl groups excluding tert-OH is 1. The number of thioether (sulfide) groups is 1. The lowest BCUT2D eigenvalue weighted by molar-refractivity contribution is 0.166. The highest BCUT2D eigenvalue weighted by Crippen LogP contribution is 2.25. The molecule has 16 heavy (non-hydrogen) atoms. The van der Waals surface area contributed by atoms with E-state index in [2.05, 4.69) is 26.0 Å². The Morgan fingerprint density at radius 2 is 2.06 bits per heavy atom. The third kappa shape index (κ3) is 4.58. The molecule has 1 rings (SSSR count). The minimum atomic E-state index is -0.295. The molecule has 0 saturated carbocycles. The van der Waals surface area contributed by atoms with Crippen LogP contribution in [0.25, 0.3) is 0 Å². The van der Waals surface area contributed by atoms with Gasteiger partial charge < -0.3 is 5.11 Å². The van der Waals surface area contributed by atoms with E-state index in [4.69, 9.17) is 0 Å². The van der Waals surface area contributed by atoms with Gasteiger partial charge in [-0.3, -0.25) is 0 Å². The van der Waals surface area contributed by atoms with Gasteiger partial charge in [-0.05, 0) is 36.3 Å². The van der Waals surface area contributed by atoms with Gasteiger partial charge in [-0.1, -0.05) is 38.8 Å². The zero-order valence-corrected chi connectivity index (χ0v) is 11.1. The van der Waals surface area contributed by atoms with Gasteiger partial charge in [-0.2, -0.15) is 0 Å². The second-order valence-corrected chi connectivity index (χ2v) is 5.25. The standard InChI is InChI=1S/C14H22OS/c1-3-5-10-16-13-9-6-8-12(11-13)14(15)7-4-2/h6,8-9,11,14-15H,3-5,7,10H2,1-2H3. The quantitative estimate of drug-likeness (QED) is 0.561. The van der Waals surface area contributed by atoms with Gasteiger partial charge in [0.1, 0.15) is 0 Å². The third-order valence-electron chi connectivity index (χ3n) is 2.57. The van der Waals surface area contributed by atoms with Crippen LogP contribution in [0.2, 0.25) is 0 Å². The van der Waals surface area contributed by atoms with Crippen LogP contribution in [0.15, 0.2) is 29.2 Å². The molecule has 1 N–H and O–H groups in total. The number of hydrogen-bond acceptors (Lipinski definition) is 2. The van der Waals surface area contributed by atoms with Crippen LogP contribution in [-0.4, -0.2) is 10.9 Å². The molecule has 2 heteroatoms. The van der Waals surface area contributed by atoms with E-state index >= 15 is 0 Å². The van der Waals surface area contributed by atoms with Crippen LogP contribution in [0.5, 0.6) is 0 Å². The molecule has 0 aromatic heterocycles. The molecule has 0 aliphatic rings. The Balaban J connectivity index is 2.56. The average Bonchev–Trinajstić information content (AvgIpc) is 2.30. The molecular weight excluding hydrogens is 216 g/mol. The van der Waals surface area contributed by atoms with E-state index in [0.717, 1.165) is 18.4 Å². The Hall–Kier alpha value is -0.470. The summed E-state index contributed by atoms with van der Waals surface area (Å²) >= 11 is 1.88. The van der Waals surface area contributed by atoms with Crippen LogP contribution in [0.4, 0.5) is 0 Å². The van der Waals surface area contributed by atoms with E-state index in [1.807, 2.05) is 23.9 Å². The molecule has 0 amide bonds. The Morgan fingerprint density at radius 3 is 2.75 bits per heavy atom. The first-order valence-electron chi connectivity index (χ1n) is 6.18. The summed E-state index contributed by atoms with van der Waals surface area (Å²) in [5, 5.41) is 9.91. The lowest BCUT2D eigenvalue weighted by Crippen LogP contribution is -1.96. The highest BCUT2D eigenvalue weighted by molar-refractivity contribution is 7.99. The summed E-state index contributed by atoms with van der Waals surface area (Å²) in [6, 6.07) is 8.32. The van der Waals surface area contributed by atoms with Crippen molar-refractivity contribution in [3.8, 4) is 0 Å². The van der Waals surface area contributed by atoms with Crippen LogP contribution in [-0.2, 0) is 0 Å². The molecule has 90 valence electrons. The Kier molecular flexibility index (Phi) is 6.58. The molecule has 1 unspecified atom stereocenters. The predicted molar refractivity (Wildman–Crippen MR) is 71.9 cm³/mol. The van der Waals surface area contributed by atoms with Crippen molar-refractivity contribution in [3.05, 3.63) is 29.8 Å². The molecule has 0 aliphatic heterocycles. The van der Waals surface area contributed by atoms with Gasteiger partial charge in [-0.25, -0.2) is 0 Å². The molecular formula is C14H22OS. The van der Waals surface area contributed by atoms with Crippen molar-refractivity contribution in [2.75, 3.05) is 5.75 Å². The first-order valence-corrected chi connectivity index (χ1v) is 7.17. The second kappa shape index (κ2) is 7.75. The molecule has 1 aromatic carbocycles. The molecule has 1 nitrogen and oxygen atoms in total. The molecule has 0 bridgehead atoms. The van der Waals surface area contributed by atoms with Crippen LogP contribution >= 0.6 is 11.8 Å². The smallest absolute Gasteiger partial charge is 0.0790 e. The zero-order valence-electron chi connectivity index (χ0n) is 10.3. The monoisotopic (exact) mass is 238 g/mol. The first kappa shape index (κ1) is 13.6. The minimum absolute atomic E-state index is 0.295. The summed E-state index contributed by atoms with van der Waals surface area (Å²) in [4.78, 5) is 1.28. The molecule has 1 atom stereocenters. The van der Waals surface area contributed by atoms with Gasteiger partial charge in [0.15, 0.2) is 0 Å². The van der Waals surface area contributed by atoms with Crippen molar-refractivity contribution in [2.24, 2.45) is 0 Å². The lowest BCUT2D eigenvalue weighted by Gasteiger charge is -2.10. The van der Waals surface area contributed by atoms with Gasteiger partial charge in [0, 0.05) is 4.90 Å². The minimum Gasteiger partial charge on any atom is -0.388 e. The maximum Gasteiger partial charge on any atom is 0.0790 e. The SMILES string of the molecule is CCCCSc1cccc(C(O)CCC)c1. The maximum absolute atomic E-state index is 9.91. The number of hydrogen-bond donors (Lipinski definition) is 1. The summed E-state index contributed by atoms with van der Waals surface area (Å²) in [7, 11) is 0. The number of benzene rings is 1. The predicted octanol–water partition coefficient (Wildman–Crippen LogP) is 4.41. The van der Waals surface area contributed by atoms with Gasteiger partial charge in [0.05, 0.1) is 6.10 Å². The van der Waals surface area contributed by atoms with Crippen LogP contribution in [0.1, 0.15) is 51.2 Å². The molecule has 1 aromatic rings. The number of unbranched alkanes of at least 4 members (excludes halogenated alkanes) is 1. The normalized spacial score (nSPS) is 12.7. The maximum atomic E-state index is 9.91. The van der Waals surface area contributed by atoms with Crippen molar-refractivity contribution in [1.82, 2.24) is 0 Å².